The van der Waals surface area contributed by atoms with Crippen molar-refractivity contribution in [3.05, 3.63) is 64.7 Å². The number of rotatable bonds is 6. The zero-order chi connectivity index (χ0) is 25.0. The fourth-order valence-corrected chi connectivity index (χ4v) is 4.44. The largest absolute Gasteiger partial charge is 0.444 e. The van der Waals surface area contributed by atoms with Gasteiger partial charge in [0.25, 0.3) is 0 Å². The Balaban J connectivity index is 1.52. The number of carbonyl (C=O) groups is 1. The molecule has 0 spiro atoms. The first-order valence-electron chi connectivity index (χ1n) is 12.1. The van der Waals surface area contributed by atoms with Crippen LogP contribution in [0, 0.1) is 0 Å². The maximum absolute atomic E-state index is 12.0. The van der Waals surface area contributed by atoms with Crippen molar-refractivity contribution in [3.63, 3.8) is 0 Å². The maximum atomic E-state index is 12.0. The van der Waals surface area contributed by atoms with Gasteiger partial charge in [-0.1, -0.05) is 41.9 Å². The molecule has 2 aromatic carbocycles. The molecule has 2 heterocycles. The topological polar surface area (TPSA) is 63.7 Å². The molecular weight excluding hydrogens is 462 g/mol. The van der Waals surface area contributed by atoms with E-state index in [0.29, 0.717) is 11.4 Å². The lowest BCUT2D eigenvalue weighted by molar-refractivity contribution is 0.0343. The summed E-state index contributed by atoms with van der Waals surface area (Å²) < 4.78 is 10.9. The second-order valence-electron chi connectivity index (χ2n) is 10.2. The lowest BCUT2D eigenvalue weighted by Crippen LogP contribution is -2.38. The van der Waals surface area contributed by atoms with Crippen LogP contribution in [0.1, 0.15) is 38.8 Å². The molecule has 186 valence electrons. The number of hydrogen-bond acceptors (Lipinski definition) is 5. The van der Waals surface area contributed by atoms with Gasteiger partial charge >= 0.3 is 6.09 Å². The summed E-state index contributed by atoms with van der Waals surface area (Å²) in [6, 6.07) is 16.4. The molecule has 1 aliphatic rings. The first-order valence-corrected chi connectivity index (χ1v) is 12.5. The number of alkyl carbamates (subject to hydrolysis) is 1. The summed E-state index contributed by atoms with van der Waals surface area (Å²) in [6.45, 7) is 11.8. The highest BCUT2D eigenvalue weighted by Gasteiger charge is 2.18. The van der Waals surface area contributed by atoms with Crippen molar-refractivity contribution in [2.75, 3.05) is 26.3 Å². The summed E-state index contributed by atoms with van der Waals surface area (Å²) in [5, 5.41) is 4.71. The Hall–Kier alpha value is -2.67. The molecule has 3 aromatic rings. The monoisotopic (exact) mass is 495 g/mol. The second-order valence-corrected chi connectivity index (χ2v) is 10.6. The SMILES string of the molecule is CC(Cc1ccc(-c2cc(CN3CCOCC3)c3ccc(Cl)cc3n2)cc1)NC(=O)OC(C)(C)C. The van der Waals surface area contributed by atoms with Gasteiger partial charge in [0.15, 0.2) is 0 Å². The number of benzene rings is 2. The third kappa shape index (κ3) is 7.17. The van der Waals surface area contributed by atoms with Gasteiger partial charge in [0.1, 0.15) is 5.60 Å². The molecule has 4 rings (SSSR count). The molecule has 1 aromatic heterocycles. The molecule has 1 saturated heterocycles. The number of halogens is 1. The lowest BCUT2D eigenvalue weighted by atomic mass is 10.0. The van der Waals surface area contributed by atoms with Crippen LogP contribution in [0.5, 0.6) is 0 Å². The van der Waals surface area contributed by atoms with Crippen LogP contribution in [0.3, 0.4) is 0 Å². The molecule has 0 aliphatic carbocycles. The van der Waals surface area contributed by atoms with E-state index in [1.54, 1.807) is 0 Å². The Labute approximate surface area is 212 Å². The number of morpholine rings is 1. The minimum Gasteiger partial charge on any atom is -0.444 e. The maximum Gasteiger partial charge on any atom is 0.407 e. The van der Waals surface area contributed by atoms with E-state index in [1.807, 2.05) is 39.8 Å². The number of ether oxygens (including phenoxy) is 2. The molecule has 6 nitrogen and oxygen atoms in total. The van der Waals surface area contributed by atoms with Crippen molar-refractivity contribution in [2.24, 2.45) is 0 Å². The Bertz CT molecular complexity index is 1170. The first kappa shape index (κ1) is 25.4. The van der Waals surface area contributed by atoms with Crippen LogP contribution in [-0.2, 0) is 22.4 Å². The normalized spacial score (nSPS) is 15.7. The number of fused-ring (bicyclic) bond motifs is 1. The predicted molar refractivity (Wildman–Crippen MR) is 141 cm³/mol. The number of amides is 1. The molecule has 1 N–H and O–H groups in total. The molecule has 1 unspecified atom stereocenters. The molecule has 1 aliphatic heterocycles. The zero-order valence-electron chi connectivity index (χ0n) is 20.9. The summed E-state index contributed by atoms with van der Waals surface area (Å²) >= 11 is 6.30. The molecule has 1 amide bonds. The summed E-state index contributed by atoms with van der Waals surface area (Å²) in [7, 11) is 0. The van der Waals surface area contributed by atoms with Gasteiger partial charge in [-0.25, -0.2) is 9.78 Å². The van der Waals surface area contributed by atoms with Gasteiger partial charge in [0.2, 0.25) is 0 Å². The molecule has 0 bridgehead atoms. The van der Waals surface area contributed by atoms with E-state index in [9.17, 15) is 4.79 Å². The predicted octanol–water partition coefficient (Wildman–Crippen LogP) is 5.84. The van der Waals surface area contributed by atoms with E-state index in [2.05, 4.69) is 46.6 Å². The molecular formula is C28H34ClN3O3. The molecule has 7 heteroatoms. The molecule has 1 atom stereocenters. The lowest BCUT2D eigenvalue weighted by Gasteiger charge is -2.27. The van der Waals surface area contributed by atoms with Crippen LogP contribution in [0.4, 0.5) is 4.79 Å². The summed E-state index contributed by atoms with van der Waals surface area (Å²) in [4.78, 5) is 19.4. The van der Waals surface area contributed by atoms with Gasteiger partial charge in [-0.2, -0.15) is 0 Å². The Morgan fingerprint density at radius 1 is 1.14 bits per heavy atom. The number of hydrogen-bond donors (Lipinski definition) is 1. The number of aromatic nitrogens is 1. The van der Waals surface area contributed by atoms with Crippen molar-refractivity contribution in [1.29, 1.82) is 0 Å². The Kier molecular flexibility index (Phi) is 7.95. The van der Waals surface area contributed by atoms with E-state index in [4.69, 9.17) is 26.1 Å². The van der Waals surface area contributed by atoms with Crippen molar-refractivity contribution in [1.82, 2.24) is 15.2 Å². The smallest absolute Gasteiger partial charge is 0.407 e. The number of nitrogens with zero attached hydrogens (tertiary/aromatic N) is 2. The van der Waals surface area contributed by atoms with Crippen LogP contribution < -0.4 is 5.32 Å². The zero-order valence-corrected chi connectivity index (χ0v) is 21.7. The van der Waals surface area contributed by atoms with Gasteiger partial charge in [-0.3, -0.25) is 4.90 Å². The second kappa shape index (κ2) is 10.9. The molecule has 0 radical (unpaired) electrons. The highest BCUT2D eigenvalue weighted by atomic mass is 35.5. The average molecular weight is 496 g/mol. The van der Waals surface area contributed by atoms with Crippen LogP contribution in [0.25, 0.3) is 22.2 Å². The highest BCUT2D eigenvalue weighted by Crippen LogP contribution is 2.28. The molecule has 1 fully saturated rings. The van der Waals surface area contributed by atoms with Gasteiger partial charge < -0.3 is 14.8 Å². The molecule has 35 heavy (non-hydrogen) atoms. The fourth-order valence-electron chi connectivity index (χ4n) is 4.28. The minimum absolute atomic E-state index is 0.0447. The molecule has 0 saturated carbocycles. The number of carbonyl (C=O) groups excluding carboxylic acids is 1. The van der Waals surface area contributed by atoms with Crippen molar-refractivity contribution in [2.45, 2.75) is 52.3 Å². The van der Waals surface area contributed by atoms with E-state index in [1.165, 1.54) is 5.56 Å². The first-order chi connectivity index (χ1) is 16.7. The summed E-state index contributed by atoms with van der Waals surface area (Å²) in [5.74, 6) is 0. The third-order valence-corrected chi connectivity index (χ3v) is 6.15. The van der Waals surface area contributed by atoms with Gasteiger partial charge in [0.05, 0.1) is 24.4 Å². The third-order valence-electron chi connectivity index (χ3n) is 5.91. The summed E-state index contributed by atoms with van der Waals surface area (Å²) in [6.07, 6.45) is 0.316. The highest BCUT2D eigenvalue weighted by molar-refractivity contribution is 6.31. The average Bonchev–Trinajstić information content (AvgIpc) is 2.78. The van der Waals surface area contributed by atoms with Crippen molar-refractivity contribution >= 4 is 28.6 Å². The van der Waals surface area contributed by atoms with Crippen LogP contribution >= 0.6 is 11.6 Å². The van der Waals surface area contributed by atoms with Crippen LogP contribution in [0.2, 0.25) is 5.02 Å². The quantitative estimate of drug-likeness (QED) is 0.465. The van der Waals surface area contributed by atoms with Crippen LogP contribution in [-0.4, -0.2) is 53.9 Å². The van der Waals surface area contributed by atoms with Gasteiger partial charge in [-0.05, 0) is 63.4 Å². The van der Waals surface area contributed by atoms with Gasteiger partial charge in [-0.15, -0.1) is 0 Å². The van der Waals surface area contributed by atoms with E-state index < -0.39 is 11.7 Å². The van der Waals surface area contributed by atoms with E-state index in [-0.39, 0.29) is 6.04 Å². The summed E-state index contributed by atoms with van der Waals surface area (Å²) in [5.41, 5.74) is 4.74. The van der Waals surface area contributed by atoms with Crippen molar-refractivity contribution in [3.8, 4) is 11.3 Å². The fraction of sp³-hybridized carbons (Fsp3) is 0.429. The number of pyridine rings is 1. The Morgan fingerprint density at radius 2 is 1.86 bits per heavy atom. The standard InChI is InChI=1S/C28H34ClN3O3/c1-19(30-27(33)35-28(2,3)4)15-20-5-7-21(8-6-20)25-16-22(18-32-11-13-34-14-12-32)24-10-9-23(29)17-26(24)31-25/h5-10,16-17,19H,11-15,18H2,1-4H3,(H,30,33). The Morgan fingerprint density at radius 3 is 2.54 bits per heavy atom. The van der Waals surface area contributed by atoms with Gasteiger partial charge in [0, 0.05) is 41.6 Å². The minimum atomic E-state index is -0.511. The van der Waals surface area contributed by atoms with E-state index in [0.717, 1.165) is 60.6 Å². The number of nitrogens with one attached hydrogen (secondary N) is 1. The van der Waals surface area contributed by atoms with E-state index >= 15 is 0 Å². The van der Waals surface area contributed by atoms with Crippen LogP contribution in [0.15, 0.2) is 48.5 Å². The van der Waals surface area contributed by atoms with Crippen molar-refractivity contribution < 1.29 is 14.3 Å².